The van der Waals surface area contributed by atoms with Crippen molar-refractivity contribution in [1.29, 1.82) is 0 Å². The molecule has 0 bridgehead atoms. The second-order valence-electron chi connectivity index (χ2n) is 5.06. The summed E-state index contributed by atoms with van der Waals surface area (Å²) in [4.78, 5) is 4.37. The lowest BCUT2D eigenvalue weighted by Crippen LogP contribution is -2.42. The summed E-state index contributed by atoms with van der Waals surface area (Å²) in [5.74, 6) is 0.640. The number of nitrogens with one attached hydrogen (secondary N) is 3. The second kappa shape index (κ2) is 11.1. The summed E-state index contributed by atoms with van der Waals surface area (Å²) in [6.45, 7) is 2.27. The molecular formula is C16H24IN5O2S. The molecule has 0 unspecified atom stereocenters. The highest BCUT2D eigenvalue weighted by Crippen LogP contribution is 2.06. The van der Waals surface area contributed by atoms with Gasteiger partial charge in [0.25, 0.3) is 0 Å². The summed E-state index contributed by atoms with van der Waals surface area (Å²) < 4.78 is 28.7. The molecule has 0 amide bonds. The highest BCUT2D eigenvalue weighted by atomic mass is 127. The Bertz CT molecular complexity index is 733. The number of aromatic nitrogens is 1. The second-order valence-corrected chi connectivity index (χ2v) is 6.82. The number of nitrogens with zero attached hydrogens (tertiary/aromatic N) is 2. The van der Waals surface area contributed by atoms with Crippen molar-refractivity contribution < 1.29 is 8.42 Å². The Morgan fingerprint density at radius 1 is 1.00 bits per heavy atom. The fraction of sp³-hybridized carbons (Fsp3) is 0.312. The number of guanidine groups is 1. The summed E-state index contributed by atoms with van der Waals surface area (Å²) in [6.07, 6.45) is 3.99. The van der Waals surface area contributed by atoms with E-state index in [1.807, 2.05) is 24.5 Å². The lowest BCUT2D eigenvalue weighted by molar-refractivity contribution is 0.580. The first-order valence-electron chi connectivity index (χ1n) is 7.72. The molecule has 7 nitrogen and oxygen atoms in total. The number of hydrogen-bond acceptors (Lipinski definition) is 3. The van der Waals surface area contributed by atoms with Gasteiger partial charge in [0.2, 0.25) is 10.0 Å². The molecular weight excluding hydrogens is 453 g/mol. The molecule has 0 aliphatic heterocycles. The Labute approximate surface area is 166 Å². The van der Waals surface area contributed by atoms with Crippen molar-refractivity contribution in [2.45, 2.75) is 11.4 Å². The van der Waals surface area contributed by atoms with Crippen LogP contribution in [0.4, 0.5) is 0 Å². The van der Waals surface area contributed by atoms with Crippen molar-refractivity contribution >= 4 is 40.0 Å². The van der Waals surface area contributed by atoms with Gasteiger partial charge in [0.1, 0.15) is 0 Å². The molecule has 25 heavy (non-hydrogen) atoms. The Hall–Kier alpha value is -1.59. The van der Waals surface area contributed by atoms with Crippen LogP contribution >= 0.6 is 24.0 Å². The number of hydrogen-bond donors (Lipinski definition) is 3. The number of benzene rings is 1. The van der Waals surface area contributed by atoms with Crippen LogP contribution in [0.3, 0.4) is 0 Å². The van der Waals surface area contributed by atoms with Crippen molar-refractivity contribution in [3.63, 3.8) is 0 Å². The maximum atomic E-state index is 12.1. The molecule has 0 fully saturated rings. The molecule has 0 atom stereocenters. The van der Waals surface area contributed by atoms with Crippen LogP contribution < -0.4 is 15.4 Å². The van der Waals surface area contributed by atoms with Crippen LogP contribution in [0.25, 0.3) is 0 Å². The topological polar surface area (TPSA) is 87.5 Å². The van der Waals surface area contributed by atoms with E-state index in [1.165, 1.54) is 0 Å². The van der Waals surface area contributed by atoms with Crippen LogP contribution in [-0.2, 0) is 16.6 Å². The van der Waals surface area contributed by atoms with Gasteiger partial charge in [0.05, 0.1) is 4.90 Å². The highest BCUT2D eigenvalue weighted by molar-refractivity contribution is 14.0. The van der Waals surface area contributed by atoms with Gasteiger partial charge in [-0.2, -0.15) is 0 Å². The first-order valence-corrected chi connectivity index (χ1v) is 9.20. The van der Waals surface area contributed by atoms with E-state index in [9.17, 15) is 8.42 Å². The van der Waals surface area contributed by atoms with Gasteiger partial charge in [-0.1, -0.05) is 18.2 Å². The Kier molecular flexibility index (Phi) is 9.53. The summed E-state index contributed by atoms with van der Waals surface area (Å²) >= 11 is 0. The van der Waals surface area contributed by atoms with Crippen molar-refractivity contribution in [1.82, 2.24) is 19.9 Å². The van der Waals surface area contributed by atoms with Crippen molar-refractivity contribution in [2.24, 2.45) is 4.99 Å². The third-order valence-corrected chi connectivity index (χ3v) is 4.79. The highest BCUT2D eigenvalue weighted by Gasteiger charge is 2.11. The first kappa shape index (κ1) is 21.5. The van der Waals surface area contributed by atoms with E-state index in [-0.39, 0.29) is 35.4 Å². The van der Waals surface area contributed by atoms with Gasteiger partial charge in [0.15, 0.2) is 5.96 Å². The minimum atomic E-state index is -3.47. The zero-order valence-electron chi connectivity index (χ0n) is 14.1. The van der Waals surface area contributed by atoms with E-state index >= 15 is 0 Å². The minimum Gasteiger partial charge on any atom is -0.355 e. The van der Waals surface area contributed by atoms with Crippen LogP contribution in [-0.4, -0.2) is 45.6 Å². The normalized spacial score (nSPS) is 11.6. The van der Waals surface area contributed by atoms with Crippen molar-refractivity contribution in [2.75, 3.05) is 26.7 Å². The predicted octanol–water partition coefficient (Wildman–Crippen LogP) is 1.25. The van der Waals surface area contributed by atoms with Gasteiger partial charge in [-0.3, -0.25) is 4.99 Å². The van der Waals surface area contributed by atoms with Gasteiger partial charge in [-0.15, -0.1) is 24.0 Å². The van der Waals surface area contributed by atoms with Gasteiger partial charge in [-0.25, -0.2) is 13.1 Å². The molecule has 0 spiro atoms. The molecule has 9 heteroatoms. The number of rotatable bonds is 8. The van der Waals surface area contributed by atoms with E-state index in [4.69, 9.17) is 0 Å². The van der Waals surface area contributed by atoms with Crippen molar-refractivity contribution in [3.8, 4) is 0 Å². The zero-order chi connectivity index (χ0) is 17.3. The molecule has 2 aromatic rings. The quantitative estimate of drug-likeness (QED) is 0.231. The third kappa shape index (κ3) is 7.45. The molecule has 1 aromatic heterocycles. The number of sulfonamides is 1. The molecule has 0 saturated carbocycles. The lowest BCUT2D eigenvalue weighted by atomic mass is 10.4. The largest absolute Gasteiger partial charge is 0.355 e. The van der Waals surface area contributed by atoms with E-state index < -0.39 is 10.0 Å². The fourth-order valence-corrected chi connectivity index (χ4v) is 3.15. The van der Waals surface area contributed by atoms with Gasteiger partial charge in [-0.05, 0) is 24.3 Å². The molecule has 2 rings (SSSR count). The van der Waals surface area contributed by atoms with Crippen LogP contribution in [0.5, 0.6) is 0 Å². The first-order chi connectivity index (χ1) is 11.6. The molecule has 0 aliphatic rings. The summed E-state index contributed by atoms with van der Waals surface area (Å²) in [5.41, 5.74) is 0. The van der Waals surface area contributed by atoms with E-state index in [1.54, 1.807) is 37.4 Å². The summed E-state index contributed by atoms with van der Waals surface area (Å²) in [7, 11) is -1.79. The van der Waals surface area contributed by atoms with Crippen LogP contribution in [0.2, 0.25) is 0 Å². The monoisotopic (exact) mass is 477 g/mol. The van der Waals surface area contributed by atoms with Crippen LogP contribution in [0, 0.1) is 0 Å². The molecule has 1 heterocycles. The standard InChI is InChI=1S/C16H23N5O2S.HI/c1-17-16(19-11-14-21-12-5-6-13-21)18-9-10-20-24(22,23)15-7-3-2-4-8-15;/h2-8,12-13,20H,9-11,14H2,1H3,(H2,17,18,19);1H. The maximum Gasteiger partial charge on any atom is 0.240 e. The zero-order valence-corrected chi connectivity index (χ0v) is 17.2. The van der Waals surface area contributed by atoms with Crippen LogP contribution in [0.1, 0.15) is 0 Å². The number of halogens is 1. The molecule has 138 valence electrons. The Morgan fingerprint density at radius 2 is 1.64 bits per heavy atom. The maximum absolute atomic E-state index is 12.1. The van der Waals surface area contributed by atoms with E-state index in [2.05, 4.69) is 24.9 Å². The number of aliphatic imine (C=N–C) groups is 1. The Morgan fingerprint density at radius 3 is 2.28 bits per heavy atom. The third-order valence-electron chi connectivity index (χ3n) is 3.32. The summed E-state index contributed by atoms with van der Waals surface area (Å²) in [5, 5.41) is 6.25. The van der Waals surface area contributed by atoms with Gasteiger partial charge in [0, 0.05) is 45.6 Å². The van der Waals surface area contributed by atoms with Gasteiger partial charge < -0.3 is 15.2 Å². The average molecular weight is 477 g/mol. The predicted molar refractivity (Wildman–Crippen MR) is 111 cm³/mol. The average Bonchev–Trinajstić information content (AvgIpc) is 3.11. The molecule has 3 N–H and O–H groups in total. The van der Waals surface area contributed by atoms with Crippen LogP contribution in [0.15, 0.2) is 64.7 Å². The lowest BCUT2D eigenvalue weighted by Gasteiger charge is -2.13. The van der Waals surface area contributed by atoms with E-state index in [0.29, 0.717) is 12.5 Å². The van der Waals surface area contributed by atoms with E-state index in [0.717, 1.165) is 13.1 Å². The molecule has 1 aromatic carbocycles. The molecule has 0 saturated heterocycles. The smallest absolute Gasteiger partial charge is 0.240 e. The van der Waals surface area contributed by atoms with Gasteiger partial charge >= 0.3 is 0 Å². The molecule has 0 radical (unpaired) electrons. The minimum absolute atomic E-state index is 0. The molecule has 0 aliphatic carbocycles. The van der Waals surface area contributed by atoms with Crippen molar-refractivity contribution in [3.05, 3.63) is 54.9 Å². The Balaban J connectivity index is 0.00000312. The fourth-order valence-electron chi connectivity index (χ4n) is 2.09. The summed E-state index contributed by atoms with van der Waals surface area (Å²) in [6, 6.07) is 12.3. The SMILES string of the molecule is CN=C(NCCNS(=O)(=O)c1ccccc1)NCCn1cccc1.I.